The summed E-state index contributed by atoms with van der Waals surface area (Å²) in [5.41, 5.74) is -0.102. The third-order valence-electron chi connectivity index (χ3n) is 5.57. The van der Waals surface area contributed by atoms with E-state index in [4.69, 9.17) is 4.74 Å². The van der Waals surface area contributed by atoms with E-state index in [0.29, 0.717) is 38.5 Å². The highest BCUT2D eigenvalue weighted by molar-refractivity contribution is 5.95. The van der Waals surface area contributed by atoms with Crippen LogP contribution in [0.4, 0.5) is 5.82 Å². The SMILES string of the molecule is O=C(C1CCOCC1)N1CCC2(CC(=O)N(c3ccccn3)C2)C1. The van der Waals surface area contributed by atoms with Gasteiger partial charge in [-0.1, -0.05) is 6.07 Å². The van der Waals surface area contributed by atoms with Crippen LogP contribution < -0.4 is 4.90 Å². The second-order valence-corrected chi connectivity index (χ2v) is 7.24. The standard InChI is InChI=1S/C18H23N3O3/c22-16-11-18(13-21(16)15-3-1-2-7-19-15)6-8-20(12-18)17(23)14-4-9-24-10-5-14/h1-3,7,14H,4-6,8-13H2. The lowest BCUT2D eigenvalue weighted by atomic mass is 9.86. The number of anilines is 1. The van der Waals surface area contributed by atoms with Crippen LogP contribution in [0.3, 0.4) is 0 Å². The molecule has 0 aromatic carbocycles. The van der Waals surface area contributed by atoms with Gasteiger partial charge in [-0.15, -0.1) is 0 Å². The van der Waals surface area contributed by atoms with Crippen molar-refractivity contribution in [1.29, 1.82) is 0 Å². The van der Waals surface area contributed by atoms with E-state index in [-0.39, 0.29) is 23.1 Å². The Morgan fingerprint density at radius 1 is 1.25 bits per heavy atom. The lowest BCUT2D eigenvalue weighted by Gasteiger charge is -2.28. The number of pyridine rings is 1. The molecule has 0 aliphatic carbocycles. The minimum Gasteiger partial charge on any atom is -0.381 e. The molecule has 3 saturated heterocycles. The Morgan fingerprint density at radius 2 is 2.08 bits per heavy atom. The smallest absolute Gasteiger partial charge is 0.228 e. The summed E-state index contributed by atoms with van der Waals surface area (Å²) in [5, 5.41) is 0. The molecular formula is C18H23N3O3. The van der Waals surface area contributed by atoms with E-state index in [1.54, 1.807) is 11.1 Å². The Labute approximate surface area is 141 Å². The first kappa shape index (κ1) is 15.6. The first-order valence-corrected chi connectivity index (χ1v) is 8.75. The third-order valence-corrected chi connectivity index (χ3v) is 5.57. The molecule has 3 aliphatic heterocycles. The van der Waals surface area contributed by atoms with Crippen LogP contribution in [0.5, 0.6) is 0 Å². The molecule has 1 aromatic heterocycles. The lowest BCUT2D eigenvalue weighted by Crippen LogP contribution is -2.39. The zero-order valence-electron chi connectivity index (χ0n) is 13.8. The van der Waals surface area contributed by atoms with Crippen molar-refractivity contribution in [3.05, 3.63) is 24.4 Å². The molecule has 0 N–H and O–H groups in total. The number of aromatic nitrogens is 1. The minimum absolute atomic E-state index is 0.0953. The van der Waals surface area contributed by atoms with Crippen LogP contribution >= 0.6 is 0 Å². The Bertz CT molecular complexity index is 630. The van der Waals surface area contributed by atoms with E-state index in [9.17, 15) is 9.59 Å². The van der Waals surface area contributed by atoms with Crippen molar-refractivity contribution in [2.45, 2.75) is 25.7 Å². The molecule has 6 heteroatoms. The predicted molar refractivity (Wildman–Crippen MR) is 88.4 cm³/mol. The van der Waals surface area contributed by atoms with E-state index in [1.165, 1.54) is 0 Å². The number of nitrogens with zero attached hydrogens (tertiary/aromatic N) is 3. The summed E-state index contributed by atoms with van der Waals surface area (Å²) >= 11 is 0. The van der Waals surface area contributed by atoms with Crippen molar-refractivity contribution >= 4 is 17.6 Å². The van der Waals surface area contributed by atoms with Gasteiger partial charge < -0.3 is 9.64 Å². The molecule has 0 saturated carbocycles. The number of hydrogen-bond acceptors (Lipinski definition) is 4. The fourth-order valence-electron chi connectivity index (χ4n) is 4.22. The van der Waals surface area contributed by atoms with Crippen molar-refractivity contribution in [2.75, 3.05) is 37.7 Å². The molecule has 128 valence electrons. The van der Waals surface area contributed by atoms with Gasteiger partial charge in [0.2, 0.25) is 11.8 Å². The lowest BCUT2D eigenvalue weighted by molar-refractivity contribution is -0.138. The summed E-state index contributed by atoms with van der Waals surface area (Å²) in [6, 6.07) is 5.62. The van der Waals surface area contributed by atoms with Crippen LogP contribution in [-0.2, 0) is 14.3 Å². The van der Waals surface area contributed by atoms with Gasteiger partial charge in [-0.3, -0.25) is 14.5 Å². The van der Waals surface area contributed by atoms with E-state index in [1.807, 2.05) is 23.1 Å². The molecule has 24 heavy (non-hydrogen) atoms. The molecule has 4 heterocycles. The molecule has 1 unspecified atom stereocenters. The van der Waals surface area contributed by atoms with Crippen LogP contribution in [0.15, 0.2) is 24.4 Å². The van der Waals surface area contributed by atoms with Gasteiger partial charge in [-0.05, 0) is 31.4 Å². The topological polar surface area (TPSA) is 62.7 Å². The van der Waals surface area contributed by atoms with Gasteiger partial charge in [0.1, 0.15) is 5.82 Å². The van der Waals surface area contributed by atoms with E-state index >= 15 is 0 Å². The molecule has 2 amide bonds. The molecule has 3 aliphatic rings. The molecule has 3 fully saturated rings. The maximum absolute atomic E-state index is 12.7. The van der Waals surface area contributed by atoms with E-state index < -0.39 is 0 Å². The highest BCUT2D eigenvalue weighted by Crippen LogP contribution is 2.42. The summed E-state index contributed by atoms with van der Waals surface area (Å²) in [7, 11) is 0. The maximum Gasteiger partial charge on any atom is 0.228 e. The molecule has 0 radical (unpaired) electrons. The molecule has 1 aromatic rings. The molecule has 1 atom stereocenters. The summed E-state index contributed by atoms with van der Waals surface area (Å²) < 4.78 is 5.35. The number of carbonyl (C=O) groups excluding carboxylic acids is 2. The van der Waals surface area contributed by atoms with Gasteiger partial charge in [0.05, 0.1) is 0 Å². The normalized spacial score (nSPS) is 28.1. The fraction of sp³-hybridized carbons (Fsp3) is 0.611. The zero-order chi connectivity index (χ0) is 16.6. The van der Waals surface area contributed by atoms with Crippen molar-refractivity contribution in [2.24, 2.45) is 11.3 Å². The van der Waals surface area contributed by atoms with Crippen LogP contribution in [0.25, 0.3) is 0 Å². The highest BCUT2D eigenvalue weighted by Gasteiger charge is 2.49. The fourth-order valence-corrected chi connectivity index (χ4v) is 4.22. The summed E-state index contributed by atoms with van der Waals surface area (Å²) in [6.45, 7) is 3.49. The average molecular weight is 329 g/mol. The molecule has 4 rings (SSSR count). The molecule has 1 spiro atoms. The van der Waals surface area contributed by atoms with E-state index in [2.05, 4.69) is 4.98 Å². The maximum atomic E-state index is 12.7. The number of carbonyl (C=O) groups is 2. The van der Waals surface area contributed by atoms with Gasteiger partial charge in [0.25, 0.3) is 0 Å². The van der Waals surface area contributed by atoms with Crippen LogP contribution in [0.1, 0.15) is 25.7 Å². The number of rotatable bonds is 2. The summed E-state index contributed by atoms with van der Waals surface area (Å²) in [6.07, 6.45) is 4.77. The second-order valence-electron chi connectivity index (χ2n) is 7.24. The van der Waals surface area contributed by atoms with Crippen LogP contribution in [0.2, 0.25) is 0 Å². The summed E-state index contributed by atoms with van der Waals surface area (Å²) in [4.78, 5) is 33.3. The Balaban J connectivity index is 1.44. The van der Waals surface area contributed by atoms with Gasteiger partial charge in [0, 0.05) is 56.8 Å². The number of ether oxygens (including phenoxy) is 1. The van der Waals surface area contributed by atoms with Crippen molar-refractivity contribution in [1.82, 2.24) is 9.88 Å². The average Bonchev–Trinajstić information content (AvgIpc) is 3.19. The third kappa shape index (κ3) is 2.79. The van der Waals surface area contributed by atoms with Crippen LogP contribution in [-0.4, -0.2) is 54.5 Å². The predicted octanol–water partition coefficient (Wildman–Crippen LogP) is 1.46. The quantitative estimate of drug-likeness (QED) is 0.824. The molecule has 6 nitrogen and oxygen atoms in total. The Kier molecular flexibility index (Phi) is 4.00. The van der Waals surface area contributed by atoms with Crippen molar-refractivity contribution in [3.63, 3.8) is 0 Å². The summed E-state index contributed by atoms with van der Waals surface area (Å²) in [5.74, 6) is 1.18. The zero-order valence-corrected chi connectivity index (χ0v) is 13.8. The Morgan fingerprint density at radius 3 is 2.83 bits per heavy atom. The van der Waals surface area contributed by atoms with Gasteiger partial charge in [-0.25, -0.2) is 4.98 Å². The minimum atomic E-state index is -0.102. The first-order valence-electron chi connectivity index (χ1n) is 8.75. The number of hydrogen-bond donors (Lipinski definition) is 0. The molecular weight excluding hydrogens is 306 g/mol. The van der Waals surface area contributed by atoms with Crippen molar-refractivity contribution in [3.8, 4) is 0 Å². The second kappa shape index (κ2) is 6.16. The van der Waals surface area contributed by atoms with Crippen LogP contribution in [0, 0.1) is 11.3 Å². The number of likely N-dealkylation sites (tertiary alicyclic amines) is 1. The van der Waals surface area contributed by atoms with Gasteiger partial charge >= 0.3 is 0 Å². The van der Waals surface area contributed by atoms with Crippen molar-refractivity contribution < 1.29 is 14.3 Å². The largest absolute Gasteiger partial charge is 0.381 e. The Hall–Kier alpha value is -1.95. The monoisotopic (exact) mass is 329 g/mol. The highest BCUT2D eigenvalue weighted by atomic mass is 16.5. The first-order chi connectivity index (χ1) is 11.7. The molecule has 0 bridgehead atoms. The van der Waals surface area contributed by atoms with E-state index in [0.717, 1.165) is 25.8 Å². The van der Waals surface area contributed by atoms with Gasteiger partial charge in [0.15, 0.2) is 0 Å². The number of amides is 2. The van der Waals surface area contributed by atoms with Gasteiger partial charge in [-0.2, -0.15) is 0 Å².